The highest BCUT2D eigenvalue weighted by Gasteiger charge is 2.32. The Morgan fingerprint density at radius 1 is 1.32 bits per heavy atom. The average Bonchev–Trinajstić information content (AvgIpc) is 2.93. The Morgan fingerprint density at radius 3 is 2.79 bits per heavy atom. The Bertz CT molecular complexity index is 613. The van der Waals surface area contributed by atoms with Crippen LogP contribution in [-0.2, 0) is 5.41 Å². The summed E-state index contributed by atoms with van der Waals surface area (Å²) in [5.41, 5.74) is 4.31. The Balaban J connectivity index is 2.02. The molecule has 1 aliphatic rings. The maximum Gasteiger partial charge on any atom is 0.123 e. The lowest BCUT2D eigenvalue weighted by molar-refractivity contribution is 0.220. The molecule has 2 heterocycles. The van der Waals surface area contributed by atoms with Crippen LogP contribution in [0.1, 0.15) is 42.2 Å². The van der Waals surface area contributed by atoms with Crippen molar-refractivity contribution >= 4 is 11.3 Å². The van der Waals surface area contributed by atoms with Crippen molar-refractivity contribution in [1.29, 1.82) is 0 Å². The minimum atomic E-state index is -0.548. The first-order chi connectivity index (χ1) is 8.99. The van der Waals surface area contributed by atoms with Gasteiger partial charge in [-0.2, -0.15) is 11.3 Å². The maximum atomic E-state index is 10.5. The van der Waals surface area contributed by atoms with Gasteiger partial charge < -0.3 is 9.84 Å². The van der Waals surface area contributed by atoms with Crippen molar-refractivity contribution in [2.45, 2.75) is 32.3 Å². The van der Waals surface area contributed by atoms with E-state index in [1.54, 1.807) is 11.3 Å². The molecular weight excluding hydrogens is 256 g/mol. The fourth-order valence-corrected chi connectivity index (χ4v) is 3.41. The summed E-state index contributed by atoms with van der Waals surface area (Å²) >= 11 is 1.63. The molecular formula is C16H18O2S. The van der Waals surface area contributed by atoms with Crippen LogP contribution in [0.2, 0.25) is 0 Å². The molecule has 0 spiro atoms. The third-order valence-electron chi connectivity index (χ3n) is 3.83. The number of benzene rings is 1. The molecule has 0 aliphatic carbocycles. The summed E-state index contributed by atoms with van der Waals surface area (Å²) in [6.07, 6.45) is -0.548. The van der Waals surface area contributed by atoms with E-state index in [1.807, 2.05) is 24.4 Å². The van der Waals surface area contributed by atoms with Crippen LogP contribution in [0.25, 0.3) is 0 Å². The highest BCUT2D eigenvalue weighted by molar-refractivity contribution is 7.08. The van der Waals surface area contributed by atoms with Crippen molar-refractivity contribution in [3.63, 3.8) is 0 Å². The Hall–Kier alpha value is -1.32. The van der Waals surface area contributed by atoms with Gasteiger partial charge in [0.25, 0.3) is 0 Å². The lowest BCUT2D eigenvalue weighted by Crippen LogP contribution is -2.18. The summed E-state index contributed by atoms with van der Waals surface area (Å²) in [5.74, 6) is 0.947. The fraction of sp³-hybridized carbons (Fsp3) is 0.375. The zero-order valence-electron chi connectivity index (χ0n) is 11.4. The summed E-state index contributed by atoms with van der Waals surface area (Å²) in [6.45, 7) is 7.09. The molecule has 1 N–H and O–H groups in total. The van der Waals surface area contributed by atoms with E-state index in [0.29, 0.717) is 6.61 Å². The molecule has 1 atom stereocenters. The molecule has 0 bridgehead atoms. The van der Waals surface area contributed by atoms with Crippen molar-refractivity contribution in [3.8, 4) is 5.75 Å². The van der Waals surface area contributed by atoms with Crippen molar-refractivity contribution in [2.75, 3.05) is 6.61 Å². The molecule has 0 amide bonds. The maximum absolute atomic E-state index is 10.5. The fourth-order valence-electron chi connectivity index (χ4n) is 2.54. The van der Waals surface area contributed by atoms with E-state index in [2.05, 4.69) is 25.3 Å². The van der Waals surface area contributed by atoms with Gasteiger partial charge in [0, 0.05) is 11.0 Å². The van der Waals surface area contributed by atoms with Gasteiger partial charge in [-0.25, -0.2) is 0 Å². The molecule has 1 aromatic heterocycles. The van der Waals surface area contributed by atoms with Crippen LogP contribution in [0.4, 0.5) is 0 Å². The van der Waals surface area contributed by atoms with Gasteiger partial charge in [0.05, 0.1) is 6.61 Å². The van der Waals surface area contributed by atoms with Gasteiger partial charge in [-0.1, -0.05) is 19.9 Å². The van der Waals surface area contributed by atoms with E-state index < -0.39 is 6.10 Å². The molecule has 1 aliphatic heterocycles. The third-order valence-corrected chi connectivity index (χ3v) is 4.71. The first-order valence-corrected chi connectivity index (χ1v) is 7.41. The standard InChI is InChI=1S/C16H18O2S/c1-10-7-19-8-12(10)15(17)11-4-5-14-13(6-11)16(2,3)9-18-14/h4-8,15,17H,9H2,1-3H3. The van der Waals surface area contributed by atoms with Crippen LogP contribution in [0.3, 0.4) is 0 Å². The Kier molecular flexibility index (Phi) is 2.91. The average molecular weight is 274 g/mol. The van der Waals surface area contributed by atoms with Gasteiger partial charge >= 0.3 is 0 Å². The molecule has 0 saturated carbocycles. The summed E-state index contributed by atoms with van der Waals surface area (Å²) in [7, 11) is 0. The number of ether oxygens (including phenoxy) is 1. The van der Waals surface area contributed by atoms with Gasteiger partial charge in [0.1, 0.15) is 11.9 Å². The molecule has 0 radical (unpaired) electrons. The number of rotatable bonds is 2. The van der Waals surface area contributed by atoms with Gasteiger partial charge in [-0.15, -0.1) is 0 Å². The van der Waals surface area contributed by atoms with Crippen LogP contribution in [0.5, 0.6) is 5.75 Å². The smallest absolute Gasteiger partial charge is 0.123 e. The lowest BCUT2D eigenvalue weighted by atomic mass is 9.85. The van der Waals surface area contributed by atoms with E-state index in [-0.39, 0.29) is 5.41 Å². The van der Waals surface area contributed by atoms with Crippen LogP contribution in [-0.4, -0.2) is 11.7 Å². The minimum Gasteiger partial charge on any atom is -0.492 e. The zero-order chi connectivity index (χ0) is 13.6. The second-order valence-corrected chi connectivity index (χ2v) is 6.58. The van der Waals surface area contributed by atoms with Gasteiger partial charge in [-0.05, 0) is 46.5 Å². The van der Waals surface area contributed by atoms with E-state index in [1.165, 1.54) is 5.56 Å². The molecule has 2 nitrogen and oxygen atoms in total. The highest BCUT2D eigenvalue weighted by Crippen LogP contribution is 2.40. The second-order valence-electron chi connectivity index (χ2n) is 5.84. The molecule has 100 valence electrons. The van der Waals surface area contributed by atoms with Crippen molar-refractivity contribution in [2.24, 2.45) is 0 Å². The summed E-state index contributed by atoms with van der Waals surface area (Å²) in [6, 6.07) is 6.02. The van der Waals surface area contributed by atoms with Gasteiger partial charge in [-0.3, -0.25) is 0 Å². The number of hydrogen-bond acceptors (Lipinski definition) is 3. The largest absolute Gasteiger partial charge is 0.492 e. The normalized spacial score (nSPS) is 17.9. The number of thiophene rings is 1. The molecule has 2 aromatic rings. The summed E-state index contributed by atoms with van der Waals surface area (Å²) in [4.78, 5) is 0. The molecule has 0 fully saturated rings. The quantitative estimate of drug-likeness (QED) is 0.902. The Labute approximate surface area is 117 Å². The van der Waals surface area contributed by atoms with Crippen molar-refractivity contribution in [3.05, 3.63) is 51.2 Å². The topological polar surface area (TPSA) is 29.5 Å². The van der Waals surface area contributed by atoms with E-state index in [9.17, 15) is 5.11 Å². The van der Waals surface area contributed by atoms with E-state index >= 15 is 0 Å². The minimum absolute atomic E-state index is 0.0226. The van der Waals surface area contributed by atoms with Crippen molar-refractivity contribution in [1.82, 2.24) is 0 Å². The number of aliphatic hydroxyl groups excluding tert-OH is 1. The number of aliphatic hydroxyl groups is 1. The predicted molar refractivity (Wildman–Crippen MR) is 78.1 cm³/mol. The highest BCUT2D eigenvalue weighted by atomic mass is 32.1. The summed E-state index contributed by atoms with van der Waals surface area (Å²) < 4.78 is 5.68. The molecule has 3 heteroatoms. The van der Waals surface area contributed by atoms with Crippen LogP contribution in [0, 0.1) is 6.92 Å². The first kappa shape index (κ1) is 12.7. The van der Waals surface area contributed by atoms with Gasteiger partial charge in [0.2, 0.25) is 0 Å². The summed E-state index contributed by atoms with van der Waals surface area (Å²) in [5, 5.41) is 14.6. The van der Waals surface area contributed by atoms with Gasteiger partial charge in [0.15, 0.2) is 0 Å². The van der Waals surface area contributed by atoms with Crippen molar-refractivity contribution < 1.29 is 9.84 Å². The SMILES string of the molecule is Cc1cscc1C(O)c1ccc2c(c1)C(C)(C)CO2. The molecule has 1 aromatic carbocycles. The predicted octanol–water partition coefficient (Wildman–Crippen LogP) is 3.81. The first-order valence-electron chi connectivity index (χ1n) is 6.47. The molecule has 0 saturated heterocycles. The van der Waals surface area contributed by atoms with Crippen LogP contribution in [0.15, 0.2) is 29.0 Å². The van der Waals surface area contributed by atoms with E-state index in [0.717, 1.165) is 22.4 Å². The zero-order valence-corrected chi connectivity index (χ0v) is 12.3. The number of hydrogen-bond donors (Lipinski definition) is 1. The lowest BCUT2D eigenvalue weighted by Gasteiger charge is -2.17. The number of aryl methyl sites for hydroxylation is 1. The third kappa shape index (κ3) is 2.07. The monoisotopic (exact) mass is 274 g/mol. The van der Waals surface area contributed by atoms with E-state index in [4.69, 9.17) is 4.74 Å². The molecule has 3 rings (SSSR count). The Morgan fingerprint density at radius 2 is 2.11 bits per heavy atom. The second kappa shape index (κ2) is 4.36. The van der Waals surface area contributed by atoms with Crippen LogP contribution < -0.4 is 4.74 Å². The van der Waals surface area contributed by atoms with Crippen LogP contribution >= 0.6 is 11.3 Å². The molecule has 19 heavy (non-hydrogen) atoms. The molecule has 1 unspecified atom stereocenters. The number of fused-ring (bicyclic) bond motifs is 1.